The summed E-state index contributed by atoms with van der Waals surface area (Å²) >= 11 is 0. The molecule has 6 nitrogen and oxygen atoms in total. The third-order valence-electron chi connectivity index (χ3n) is 6.67. The minimum absolute atomic E-state index is 0.115. The minimum Gasteiger partial charge on any atom is -0.393 e. The zero-order valence-electron chi connectivity index (χ0n) is 15.6. The Bertz CT molecular complexity index is 591. The van der Waals surface area contributed by atoms with Crippen molar-refractivity contribution in [3.8, 4) is 0 Å². The molecule has 4 rings (SSSR count). The Balaban J connectivity index is 0.000000151. The molecule has 0 aromatic heterocycles. The molecule has 26 heavy (non-hydrogen) atoms. The van der Waals surface area contributed by atoms with E-state index in [0.717, 1.165) is 51.4 Å². The number of rotatable bonds is 2. The average molecular weight is 364 g/mol. The van der Waals surface area contributed by atoms with E-state index in [4.69, 9.17) is 0 Å². The van der Waals surface area contributed by atoms with Gasteiger partial charge in [0.1, 0.15) is 0 Å². The number of esters is 4. The first-order valence-corrected chi connectivity index (χ1v) is 9.97. The molecule has 6 heteroatoms. The largest absolute Gasteiger partial charge is 0.393 e. The van der Waals surface area contributed by atoms with Crippen LogP contribution < -0.4 is 0 Å². The Morgan fingerprint density at radius 3 is 2.08 bits per heavy atom. The van der Waals surface area contributed by atoms with E-state index < -0.39 is 0 Å². The molecular formula is C20H28O6. The quantitative estimate of drug-likeness (QED) is 0.553. The molecule has 2 saturated heterocycles. The van der Waals surface area contributed by atoms with Crippen LogP contribution in [0.1, 0.15) is 65.2 Å². The van der Waals surface area contributed by atoms with Crippen molar-refractivity contribution in [3.05, 3.63) is 0 Å². The van der Waals surface area contributed by atoms with E-state index in [0.29, 0.717) is 11.8 Å². The van der Waals surface area contributed by atoms with Gasteiger partial charge in [0.05, 0.1) is 23.7 Å². The van der Waals surface area contributed by atoms with Crippen molar-refractivity contribution in [1.82, 2.24) is 0 Å². The van der Waals surface area contributed by atoms with Gasteiger partial charge >= 0.3 is 23.9 Å². The molecule has 6 unspecified atom stereocenters. The van der Waals surface area contributed by atoms with Crippen LogP contribution in [-0.2, 0) is 28.7 Å². The van der Waals surface area contributed by atoms with Crippen LogP contribution >= 0.6 is 0 Å². The van der Waals surface area contributed by atoms with Gasteiger partial charge in [-0.1, -0.05) is 33.1 Å². The molecule has 4 fully saturated rings. The Kier molecular flexibility index (Phi) is 5.78. The zero-order valence-corrected chi connectivity index (χ0v) is 15.6. The molecule has 0 amide bonds. The van der Waals surface area contributed by atoms with E-state index in [1.807, 2.05) is 0 Å². The minimum atomic E-state index is -0.287. The smallest absolute Gasteiger partial charge is 0.317 e. The van der Waals surface area contributed by atoms with Crippen molar-refractivity contribution in [2.45, 2.75) is 65.2 Å². The monoisotopic (exact) mass is 364 g/mol. The lowest BCUT2D eigenvalue weighted by molar-refractivity contribution is -0.155. The predicted molar refractivity (Wildman–Crippen MR) is 91.4 cm³/mol. The van der Waals surface area contributed by atoms with Crippen molar-refractivity contribution >= 4 is 23.9 Å². The Labute approximate surface area is 154 Å². The molecular weight excluding hydrogens is 336 g/mol. The second-order valence-electron chi connectivity index (χ2n) is 8.01. The number of hydrogen-bond donors (Lipinski definition) is 0. The lowest BCUT2D eigenvalue weighted by Crippen LogP contribution is -2.30. The summed E-state index contributed by atoms with van der Waals surface area (Å²) in [5.74, 6) is -0.622. The zero-order chi connectivity index (χ0) is 18.8. The maximum atomic E-state index is 11.3. The van der Waals surface area contributed by atoms with Gasteiger partial charge in [-0.25, -0.2) is 0 Å². The fourth-order valence-electron chi connectivity index (χ4n) is 5.03. The summed E-state index contributed by atoms with van der Waals surface area (Å²) in [4.78, 5) is 45.0. The van der Waals surface area contributed by atoms with E-state index >= 15 is 0 Å². The maximum Gasteiger partial charge on any atom is 0.317 e. The fourth-order valence-corrected chi connectivity index (χ4v) is 5.03. The Morgan fingerprint density at radius 1 is 0.731 bits per heavy atom. The van der Waals surface area contributed by atoms with Gasteiger partial charge in [-0.05, 0) is 43.9 Å². The highest BCUT2D eigenvalue weighted by atomic mass is 16.6. The van der Waals surface area contributed by atoms with Gasteiger partial charge in [0, 0.05) is 0 Å². The number of carbonyl (C=O) groups is 4. The number of carbonyl (C=O) groups excluding carboxylic acids is 4. The lowest BCUT2D eigenvalue weighted by atomic mass is 9.72. The topological polar surface area (TPSA) is 86.7 Å². The summed E-state index contributed by atoms with van der Waals surface area (Å²) < 4.78 is 9.29. The second-order valence-corrected chi connectivity index (χ2v) is 8.01. The maximum absolute atomic E-state index is 11.3. The summed E-state index contributed by atoms with van der Waals surface area (Å²) in [6.07, 6.45) is 7.81. The molecule has 6 atom stereocenters. The Hall–Kier alpha value is -1.72. The van der Waals surface area contributed by atoms with Crippen LogP contribution in [0.3, 0.4) is 0 Å². The SMILES string of the molecule is CCC1CCC2C(=O)OC(=O)C2C1.CCC1CCCC2C(=O)OC(=O)C12. The molecule has 0 aromatic rings. The van der Waals surface area contributed by atoms with Gasteiger partial charge < -0.3 is 9.47 Å². The second kappa shape index (κ2) is 7.89. The van der Waals surface area contributed by atoms with E-state index in [-0.39, 0.29) is 47.5 Å². The molecule has 144 valence electrons. The van der Waals surface area contributed by atoms with Gasteiger partial charge in [0.15, 0.2) is 0 Å². The molecule has 2 aliphatic heterocycles. The standard InChI is InChI=1S/2C10H14O3/c1-2-6-3-4-7-8(5-6)10(12)13-9(7)11;1-2-6-4-3-5-7-8(6)10(12)13-9(7)11/h2*6-8H,2-5H2,1H3. The first kappa shape index (κ1) is 19.1. The average Bonchev–Trinajstić information content (AvgIpc) is 3.11. The van der Waals surface area contributed by atoms with E-state index in [2.05, 4.69) is 23.3 Å². The first-order chi connectivity index (χ1) is 12.5. The van der Waals surface area contributed by atoms with Crippen molar-refractivity contribution in [2.75, 3.05) is 0 Å². The van der Waals surface area contributed by atoms with Crippen molar-refractivity contribution < 1.29 is 28.7 Å². The van der Waals surface area contributed by atoms with Crippen LogP contribution in [0.2, 0.25) is 0 Å². The Morgan fingerprint density at radius 2 is 1.38 bits per heavy atom. The van der Waals surface area contributed by atoms with Gasteiger partial charge in [0.25, 0.3) is 0 Å². The van der Waals surface area contributed by atoms with E-state index in [1.54, 1.807) is 0 Å². The normalized spacial score (nSPS) is 38.7. The summed E-state index contributed by atoms with van der Waals surface area (Å²) in [5, 5.41) is 0. The van der Waals surface area contributed by atoms with Crippen LogP contribution in [0, 0.1) is 35.5 Å². The molecule has 0 bridgehead atoms. The van der Waals surface area contributed by atoms with E-state index in [9.17, 15) is 19.2 Å². The summed E-state index contributed by atoms with van der Waals surface area (Å²) in [7, 11) is 0. The summed E-state index contributed by atoms with van der Waals surface area (Å²) in [6.45, 7) is 4.20. The van der Waals surface area contributed by atoms with Gasteiger partial charge in [0.2, 0.25) is 0 Å². The molecule has 2 aliphatic carbocycles. The highest BCUT2D eigenvalue weighted by Crippen LogP contribution is 2.42. The molecule has 0 radical (unpaired) electrons. The number of cyclic esters (lactones) is 4. The number of ether oxygens (including phenoxy) is 2. The van der Waals surface area contributed by atoms with Gasteiger partial charge in [-0.3, -0.25) is 19.2 Å². The van der Waals surface area contributed by atoms with Crippen molar-refractivity contribution in [1.29, 1.82) is 0 Å². The molecule has 0 aromatic carbocycles. The van der Waals surface area contributed by atoms with Gasteiger partial charge in [-0.2, -0.15) is 0 Å². The molecule has 0 N–H and O–H groups in total. The highest BCUT2D eigenvalue weighted by Gasteiger charge is 2.49. The van der Waals surface area contributed by atoms with Crippen LogP contribution in [0.4, 0.5) is 0 Å². The predicted octanol–water partition coefficient (Wildman–Crippen LogP) is 3.02. The molecule has 2 saturated carbocycles. The van der Waals surface area contributed by atoms with Gasteiger partial charge in [-0.15, -0.1) is 0 Å². The number of fused-ring (bicyclic) bond motifs is 2. The molecule has 2 heterocycles. The van der Waals surface area contributed by atoms with Crippen LogP contribution in [-0.4, -0.2) is 23.9 Å². The number of hydrogen-bond acceptors (Lipinski definition) is 6. The molecule has 0 spiro atoms. The van der Waals surface area contributed by atoms with E-state index in [1.165, 1.54) is 0 Å². The third-order valence-corrected chi connectivity index (χ3v) is 6.67. The highest BCUT2D eigenvalue weighted by molar-refractivity contribution is 5.97. The molecule has 4 aliphatic rings. The third kappa shape index (κ3) is 3.55. The fraction of sp³-hybridized carbons (Fsp3) is 0.800. The van der Waals surface area contributed by atoms with Crippen LogP contribution in [0.15, 0.2) is 0 Å². The summed E-state index contributed by atoms with van der Waals surface area (Å²) in [6, 6.07) is 0. The first-order valence-electron chi connectivity index (χ1n) is 9.97. The van der Waals surface area contributed by atoms with Crippen LogP contribution in [0.25, 0.3) is 0 Å². The summed E-state index contributed by atoms with van der Waals surface area (Å²) in [5.41, 5.74) is 0. The van der Waals surface area contributed by atoms with Crippen molar-refractivity contribution in [3.63, 3.8) is 0 Å². The van der Waals surface area contributed by atoms with Crippen molar-refractivity contribution in [2.24, 2.45) is 35.5 Å². The van der Waals surface area contributed by atoms with Crippen LogP contribution in [0.5, 0.6) is 0 Å². The lowest BCUT2D eigenvalue weighted by Gasteiger charge is -2.27.